The van der Waals surface area contributed by atoms with E-state index >= 15 is 0 Å². The third kappa shape index (κ3) is 3.32. The molecule has 1 fully saturated rings. The van der Waals surface area contributed by atoms with Gasteiger partial charge in [-0.1, -0.05) is 25.5 Å². The van der Waals surface area contributed by atoms with Gasteiger partial charge in [0.2, 0.25) is 0 Å². The van der Waals surface area contributed by atoms with Gasteiger partial charge in [0.15, 0.2) is 0 Å². The van der Waals surface area contributed by atoms with Gasteiger partial charge in [-0.2, -0.15) is 0 Å². The van der Waals surface area contributed by atoms with Crippen molar-refractivity contribution in [2.45, 2.75) is 38.8 Å². The lowest BCUT2D eigenvalue weighted by molar-refractivity contribution is -0.0802. The molecule has 112 valence electrons. The molecule has 1 heterocycles. The number of aromatic hydroxyl groups is 1. The summed E-state index contributed by atoms with van der Waals surface area (Å²) in [5.41, 5.74) is 0.716. The van der Waals surface area contributed by atoms with E-state index in [1.165, 1.54) is 0 Å². The minimum atomic E-state index is -0.487. The standard InChI is InChI=1S/C16H25NO3/c1-2-6-16(12-18)7-8-17(11-15(16)20)10-13-4-3-5-14(19)9-13/h3-5,9,15,18-20H,2,6-8,10-12H2,1H3/t15-,16-/m1/s1. The van der Waals surface area contributed by atoms with Crippen molar-refractivity contribution in [3.63, 3.8) is 0 Å². The zero-order valence-corrected chi connectivity index (χ0v) is 12.1. The largest absolute Gasteiger partial charge is 0.508 e. The Bertz CT molecular complexity index is 437. The molecule has 2 rings (SSSR count). The second kappa shape index (κ2) is 6.57. The van der Waals surface area contributed by atoms with E-state index in [1.54, 1.807) is 12.1 Å². The number of piperidine rings is 1. The second-order valence-corrected chi connectivity index (χ2v) is 5.94. The van der Waals surface area contributed by atoms with Crippen LogP contribution >= 0.6 is 0 Å². The summed E-state index contributed by atoms with van der Waals surface area (Å²) in [7, 11) is 0. The maximum absolute atomic E-state index is 10.4. The molecule has 0 amide bonds. The summed E-state index contributed by atoms with van der Waals surface area (Å²) in [6.45, 7) is 4.31. The Morgan fingerprint density at radius 3 is 2.80 bits per heavy atom. The number of rotatable bonds is 5. The van der Waals surface area contributed by atoms with E-state index in [2.05, 4.69) is 11.8 Å². The third-order valence-electron chi connectivity index (χ3n) is 4.44. The second-order valence-electron chi connectivity index (χ2n) is 5.94. The highest BCUT2D eigenvalue weighted by molar-refractivity contribution is 5.27. The Balaban J connectivity index is 1.98. The fourth-order valence-corrected chi connectivity index (χ4v) is 3.19. The first-order valence-electron chi connectivity index (χ1n) is 7.39. The number of benzene rings is 1. The highest BCUT2D eigenvalue weighted by Crippen LogP contribution is 2.36. The molecule has 0 spiro atoms. The first-order valence-corrected chi connectivity index (χ1v) is 7.39. The van der Waals surface area contributed by atoms with Crippen molar-refractivity contribution in [1.29, 1.82) is 0 Å². The highest BCUT2D eigenvalue weighted by atomic mass is 16.3. The maximum atomic E-state index is 10.4. The van der Waals surface area contributed by atoms with Crippen LogP contribution in [0.15, 0.2) is 24.3 Å². The fourth-order valence-electron chi connectivity index (χ4n) is 3.19. The zero-order valence-electron chi connectivity index (χ0n) is 12.1. The summed E-state index contributed by atoms with van der Waals surface area (Å²) >= 11 is 0. The van der Waals surface area contributed by atoms with E-state index in [0.717, 1.165) is 37.9 Å². The fraction of sp³-hybridized carbons (Fsp3) is 0.625. The average molecular weight is 279 g/mol. The number of nitrogens with zero attached hydrogens (tertiary/aromatic N) is 1. The van der Waals surface area contributed by atoms with Gasteiger partial charge < -0.3 is 15.3 Å². The smallest absolute Gasteiger partial charge is 0.115 e. The number of aliphatic hydroxyl groups excluding tert-OH is 2. The van der Waals surface area contributed by atoms with Crippen molar-refractivity contribution in [1.82, 2.24) is 4.90 Å². The predicted octanol–water partition coefficient (Wildman–Crippen LogP) is 1.74. The lowest BCUT2D eigenvalue weighted by Gasteiger charge is -2.44. The minimum absolute atomic E-state index is 0.0575. The number of aliphatic hydroxyl groups is 2. The summed E-state index contributed by atoms with van der Waals surface area (Å²) < 4.78 is 0. The van der Waals surface area contributed by atoms with Crippen LogP contribution in [0.25, 0.3) is 0 Å². The first-order chi connectivity index (χ1) is 9.59. The van der Waals surface area contributed by atoms with Gasteiger partial charge in [0, 0.05) is 18.5 Å². The van der Waals surface area contributed by atoms with Gasteiger partial charge in [-0.15, -0.1) is 0 Å². The van der Waals surface area contributed by atoms with E-state index < -0.39 is 6.10 Å². The summed E-state index contributed by atoms with van der Waals surface area (Å²) in [6.07, 6.45) is 2.17. The molecule has 4 nitrogen and oxygen atoms in total. The van der Waals surface area contributed by atoms with Crippen LogP contribution in [-0.2, 0) is 6.54 Å². The maximum Gasteiger partial charge on any atom is 0.115 e. The van der Waals surface area contributed by atoms with Gasteiger partial charge in [-0.25, -0.2) is 0 Å². The molecular formula is C16H25NO3. The third-order valence-corrected chi connectivity index (χ3v) is 4.44. The molecule has 1 aromatic carbocycles. The van der Waals surface area contributed by atoms with E-state index in [-0.39, 0.29) is 17.8 Å². The van der Waals surface area contributed by atoms with Crippen molar-refractivity contribution < 1.29 is 15.3 Å². The lowest BCUT2D eigenvalue weighted by atomic mass is 9.73. The van der Waals surface area contributed by atoms with Gasteiger partial charge in [-0.05, 0) is 37.1 Å². The van der Waals surface area contributed by atoms with Crippen LogP contribution < -0.4 is 0 Å². The number of hydrogen-bond donors (Lipinski definition) is 3. The zero-order chi connectivity index (χ0) is 14.6. The Morgan fingerprint density at radius 1 is 1.40 bits per heavy atom. The molecule has 1 aliphatic rings. The topological polar surface area (TPSA) is 63.9 Å². The van der Waals surface area contributed by atoms with E-state index in [0.29, 0.717) is 6.54 Å². The van der Waals surface area contributed by atoms with Crippen LogP contribution in [0.4, 0.5) is 0 Å². The molecule has 3 N–H and O–H groups in total. The van der Waals surface area contributed by atoms with Crippen molar-refractivity contribution >= 4 is 0 Å². The molecule has 0 saturated carbocycles. The van der Waals surface area contributed by atoms with E-state index in [1.807, 2.05) is 12.1 Å². The van der Waals surface area contributed by atoms with Gasteiger partial charge in [0.25, 0.3) is 0 Å². The van der Waals surface area contributed by atoms with Gasteiger partial charge in [0.1, 0.15) is 5.75 Å². The summed E-state index contributed by atoms with van der Waals surface area (Å²) in [5.74, 6) is 0.274. The Kier molecular flexibility index (Phi) is 5.02. The lowest BCUT2D eigenvalue weighted by Crippen LogP contribution is -2.52. The SMILES string of the molecule is CCC[C@]1(CO)CCN(Cc2cccc(O)c2)C[C@H]1O. The molecule has 0 unspecified atom stereocenters. The normalized spacial score (nSPS) is 27.6. The van der Waals surface area contributed by atoms with Gasteiger partial charge in [0.05, 0.1) is 12.7 Å². The van der Waals surface area contributed by atoms with Gasteiger partial charge >= 0.3 is 0 Å². The van der Waals surface area contributed by atoms with Crippen LogP contribution in [0, 0.1) is 5.41 Å². The number of phenols is 1. The molecule has 1 aliphatic heterocycles. The van der Waals surface area contributed by atoms with E-state index in [4.69, 9.17) is 0 Å². The molecule has 1 aromatic rings. The molecule has 2 atom stereocenters. The van der Waals surface area contributed by atoms with Crippen molar-refractivity contribution in [2.75, 3.05) is 19.7 Å². The molecule has 0 aromatic heterocycles. The number of β-amino-alcohol motifs (C(OH)–C–C–N with tert-alkyl or cyclic N) is 1. The molecule has 20 heavy (non-hydrogen) atoms. The van der Waals surface area contributed by atoms with Crippen molar-refractivity contribution in [3.05, 3.63) is 29.8 Å². The van der Waals surface area contributed by atoms with E-state index in [9.17, 15) is 15.3 Å². The van der Waals surface area contributed by atoms with Crippen LogP contribution in [0.2, 0.25) is 0 Å². The van der Waals surface area contributed by atoms with Crippen LogP contribution in [0.1, 0.15) is 31.7 Å². The minimum Gasteiger partial charge on any atom is -0.508 e. The molecule has 0 radical (unpaired) electrons. The molecule has 4 heteroatoms. The van der Waals surface area contributed by atoms with Crippen LogP contribution in [0.5, 0.6) is 5.75 Å². The monoisotopic (exact) mass is 279 g/mol. The Morgan fingerprint density at radius 2 is 2.20 bits per heavy atom. The van der Waals surface area contributed by atoms with Crippen LogP contribution in [0.3, 0.4) is 0 Å². The quantitative estimate of drug-likeness (QED) is 0.768. The molecule has 0 bridgehead atoms. The number of phenolic OH excluding ortho intramolecular Hbond substituents is 1. The number of hydrogen-bond acceptors (Lipinski definition) is 4. The predicted molar refractivity (Wildman–Crippen MR) is 78.4 cm³/mol. The average Bonchev–Trinajstić information content (AvgIpc) is 2.42. The van der Waals surface area contributed by atoms with Crippen molar-refractivity contribution in [3.8, 4) is 5.75 Å². The summed E-state index contributed by atoms with van der Waals surface area (Å²) in [4.78, 5) is 2.18. The Labute approximate surface area is 120 Å². The molecule has 0 aliphatic carbocycles. The summed E-state index contributed by atoms with van der Waals surface area (Å²) in [6, 6.07) is 7.23. The molecule has 1 saturated heterocycles. The van der Waals surface area contributed by atoms with Crippen molar-refractivity contribution in [2.24, 2.45) is 5.41 Å². The number of likely N-dealkylation sites (tertiary alicyclic amines) is 1. The molecular weight excluding hydrogens is 254 g/mol. The highest BCUT2D eigenvalue weighted by Gasteiger charge is 2.40. The van der Waals surface area contributed by atoms with Crippen LogP contribution in [-0.4, -0.2) is 46.0 Å². The van der Waals surface area contributed by atoms with Gasteiger partial charge in [-0.3, -0.25) is 4.90 Å². The first kappa shape index (κ1) is 15.3. The summed E-state index contributed by atoms with van der Waals surface area (Å²) in [5, 5.41) is 29.5. The Hall–Kier alpha value is -1.10.